The Morgan fingerprint density at radius 2 is 1.86 bits per heavy atom. The highest BCUT2D eigenvalue weighted by atomic mass is 16.7. The molecule has 0 atom stereocenters. The predicted octanol–water partition coefficient (Wildman–Crippen LogP) is 0.787. The third-order valence-corrected chi connectivity index (χ3v) is 2.78. The van der Waals surface area contributed by atoms with E-state index in [4.69, 9.17) is 14.0 Å². The summed E-state index contributed by atoms with van der Waals surface area (Å²) in [7, 11) is 0. The summed E-state index contributed by atoms with van der Waals surface area (Å²) in [5, 5.41) is 3.58. The molecular weight excluding hydrogens is 278 g/mol. The maximum Gasteiger partial charge on any atom is 0.308 e. The van der Waals surface area contributed by atoms with Crippen LogP contribution >= 0.6 is 0 Å². The zero-order valence-corrected chi connectivity index (χ0v) is 11.0. The van der Waals surface area contributed by atoms with Crippen molar-refractivity contribution in [2.45, 2.75) is 6.92 Å². The fourth-order valence-electron chi connectivity index (χ4n) is 1.76. The third-order valence-electron chi connectivity index (χ3n) is 2.78. The maximum atomic E-state index is 11.9. The summed E-state index contributed by atoms with van der Waals surface area (Å²) in [5.41, 5.74) is 5.41. The Bertz CT molecular complexity index is 710. The van der Waals surface area contributed by atoms with Crippen LogP contribution in [0.3, 0.4) is 0 Å². The van der Waals surface area contributed by atoms with Crippen molar-refractivity contribution in [3.05, 3.63) is 41.3 Å². The van der Waals surface area contributed by atoms with Gasteiger partial charge in [-0.3, -0.25) is 20.4 Å². The van der Waals surface area contributed by atoms with Crippen molar-refractivity contribution >= 4 is 11.8 Å². The fourth-order valence-corrected chi connectivity index (χ4v) is 1.76. The molecule has 0 saturated heterocycles. The normalized spacial score (nSPS) is 12.0. The van der Waals surface area contributed by atoms with Gasteiger partial charge in [-0.15, -0.1) is 0 Å². The van der Waals surface area contributed by atoms with Gasteiger partial charge in [-0.25, -0.2) is 0 Å². The van der Waals surface area contributed by atoms with E-state index in [-0.39, 0.29) is 12.6 Å². The van der Waals surface area contributed by atoms with Crippen molar-refractivity contribution in [2.75, 3.05) is 6.79 Å². The quantitative estimate of drug-likeness (QED) is 0.792. The number of nitrogens with one attached hydrogen (secondary N) is 2. The van der Waals surface area contributed by atoms with Crippen molar-refractivity contribution in [3.8, 4) is 11.5 Å². The number of carbonyl (C=O) groups excluding carboxylic acids is 2. The first-order chi connectivity index (χ1) is 10.1. The van der Waals surface area contributed by atoms with Crippen LogP contribution in [-0.2, 0) is 0 Å². The van der Waals surface area contributed by atoms with E-state index in [2.05, 4.69) is 16.0 Å². The molecule has 2 heterocycles. The molecule has 1 aromatic carbocycles. The van der Waals surface area contributed by atoms with Gasteiger partial charge in [0.15, 0.2) is 11.5 Å². The maximum absolute atomic E-state index is 11.9. The lowest BCUT2D eigenvalue weighted by Gasteiger charge is -2.06. The minimum atomic E-state index is -0.593. The van der Waals surface area contributed by atoms with Gasteiger partial charge >= 0.3 is 5.91 Å². The molecule has 1 aromatic heterocycles. The number of hydrazine groups is 1. The molecule has 3 rings (SSSR count). The highest BCUT2D eigenvalue weighted by Crippen LogP contribution is 2.32. The topological polar surface area (TPSA) is 103 Å². The fraction of sp³-hybridized carbons (Fsp3) is 0.154. The van der Waals surface area contributed by atoms with E-state index in [1.54, 1.807) is 19.1 Å². The van der Waals surface area contributed by atoms with E-state index >= 15 is 0 Å². The van der Waals surface area contributed by atoms with Gasteiger partial charge in [0.05, 0.1) is 5.69 Å². The zero-order valence-electron chi connectivity index (χ0n) is 11.0. The van der Waals surface area contributed by atoms with Gasteiger partial charge in [0.25, 0.3) is 5.91 Å². The van der Waals surface area contributed by atoms with E-state index < -0.39 is 11.8 Å². The Hall–Kier alpha value is -3.03. The Morgan fingerprint density at radius 1 is 1.10 bits per heavy atom. The molecule has 2 aromatic rings. The highest BCUT2D eigenvalue weighted by Gasteiger charge is 2.17. The van der Waals surface area contributed by atoms with Crippen LogP contribution in [0.15, 0.2) is 28.8 Å². The molecule has 0 unspecified atom stereocenters. The Morgan fingerprint density at radius 3 is 2.62 bits per heavy atom. The van der Waals surface area contributed by atoms with Crippen molar-refractivity contribution in [1.82, 2.24) is 16.0 Å². The highest BCUT2D eigenvalue weighted by molar-refractivity contribution is 5.98. The van der Waals surface area contributed by atoms with Crippen LogP contribution in [0.25, 0.3) is 0 Å². The molecule has 0 saturated carbocycles. The number of rotatable bonds is 2. The Kier molecular flexibility index (Phi) is 3.19. The van der Waals surface area contributed by atoms with Crippen LogP contribution in [0, 0.1) is 6.92 Å². The number of carbonyl (C=O) groups is 2. The minimum absolute atomic E-state index is 0.0125. The van der Waals surface area contributed by atoms with E-state index in [1.807, 2.05) is 0 Å². The largest absolute Gasteiger partial charge is 0.454 e. The number of aryl methyl sites for hydroxylation is 1. The molecule has 8 heteroatoms. The van der Waals surface area contributed by atoms with Crippen LogP contribution in [0.1, 0.15) is 26.6 Å². The summed E-state index contributed by atoms with van der Waals surface area (Å²) < 4.78 is 15.1. The molecule has 0 spiro atoms. The summed E-state index contributed by atoms with van der Waals surface area (Å²) >= 11 is 0. The van der Waals surface area contributed by atoms with Gasteiger partial charge in [-0.05, 0) is 25.1 Å². The number of aromatic nitrogens is 1. The SMILES string of the molecule is Cc1cc(C(=O)NNC(=O)c2ccc3c(c2)OCO3)on1. The molecule has 1 aliphatic heterocycles. The number of fused-ring (bicyclic) bond motifs is 1. The van der Waals surface area contributed by atoms with Gasteiger partial charge in [-0.1, -0.05) is 5.16 Å². The van der Waals surface area contributed by atoms with Crippen molar-refractivity contribution < 1.29 is 23.6 Å². The molecule has 2 N–H and O–H groups in total. The average molecular weight is 289 g/mol. The zero-order chi connectivity index (χ0) is 14.8. The lowest BCUT2D eigenvalue weighted by molar-refractivity contribution is 0.0825. The van der Waals surface area contributed by atoms with E-state index in [1.165, 1.54) is 12.1 Å². The molecule has 0 radical (unpaired) electrons. The summed E-state index contributed by atoms with van der Waals surface area (Å²) in [6.07, 6.45) is 0. The lowest BCUT2D eigenvalue weighted by atomic mass is 10.2. The lowest BCUT2D eigenvalue weighted by Crippen LogP contribution is -2.41. The number of nitrogens with zero attached hydrogens (tertiary/aromatic N) is 1. The second-order valence-corrected chi connectivity index (χ2v) is 4.31. The molecule has 1 aliphatic rings. The van der Waals surface area contributed by atoms with Crippen LogP contribution in [0.5, 0.6) is 11.5 Å². The van der Waals surface area contributed by atoms with Gasteiger partial charge in [0.1, 0.15) is 0 Å². The molecule has 2 amide bonds. The Balaban J connectivity index is 1.63. The first-order valence-electron chi connectivity index (χ1n) is 6.07. The predicted molar refractivity (Wildman–Crippen MR) is 68.7 cm³/mol. The summed E-state index contributed by atoms with van der Waals surface area (Å²) in [6, 6.07) is 6.18. The smallest absolute Gasteiger partial charge is 0.308 e. The van der Waals surface area contributed by atoms with Crippen LogP contribution in [0.4, 0.5) is 0 Å². The monoisotopic (exact) mass is 289 g/mol. The van der Waals surface area contributed by atoms with Crippen molar-refractivity contribution in [3.63, 3.8) is 0 Å². The summed E-state index contributed by atoms with van der Waals surface area (Å²) in [6.45, 7) is 1.81. The molecule has 8 nitrogen and oxygen atoms in total. The van der Waals surface area contributed by atoms with Gasteiger partial charge < -0.3 is 14.0 Å². The van der Waals surface area contributed by atoms with E-state index in [0.717, 1.165) is 0 Å². The molecule has 0 bridgehead atoms. The number of hydrogen-bond donors (Lipinski definition) is 2. The second kappa shape index (κ2) is 5.16. The molecule has 0 aliphatic carbocycles. The molecule has 0 fully saturated rings. The molecular formula is C13H11N3O5. The third kappa shape index (κ3) is 2.64. The number of benzene rings is 1. The number of hydrogen-bond acceptors (Lipinski definition) is 6. The summed E-state index contributed by atoms with van der Waals surface area (Å²) in [5.74, 6) is -0.00590. The average Bonchev–Trinajstić information content (AvgIpc) is 3.12. The van der Waals surface area contributed by atoms with Crippen LogP contribution < -0.4 is 20.3 Å². The minimum Gasteiger partial charge on any atom is -0.454 e. The van der Waals surface area contributed by atoms with E-state index in [9.17, 15) is 9.59 Å². The van der Waals surface area contributed by atoms with E-state index in [0.29, 0.717) is 22.8 Å². The molecule has 108 valence electrons. The standard InChI is InChI=1S/C13H11N3O5/c1-7-4-11(21-16-7)13(18)15-14-12(17)8-2-3-9-10(5-8)20-6-19-9/h2-5H,6H2,1H3,(H,14,17)(H,15,18). The van der Waals surface area contributed by atoms with Crippen molar-refractivity contribution in [2.24, 2.45) is 0 Å². The molecule has 21 heavy (non-hydrogen) atoms. The number of amides is 2. The van der Waals surface area contributed by atoms with Crippen LogP contribution in [-0.4, -0.2) is 23.8 Å². The van der Waals surface area contributed by atoms with Gasteiger partial charge in [0, 0.05) is 11.6 Å². The second-order valence-electron chi connectivity index (χ2n) is 4.31. The Labute approximate surface area is 119 Å². The first kappa shape index (κ1) is 13.0. The van der Waals surface area contributed by atoms with Gasteiger partial charge in [0.2, 0.25) is 12.6 Å². The van der Waals surface area contributed by atoms with Crippen molar-refractivity contribution in [1.29, 1.82) is 0 Å². The van der Waals surface area contributed by atoms with Gasteiger partial charge in [-0.2, -0.15) is 0 Å². The van der Waals surface area contributed by atoms with Crippen LogP contribution in [0.2, 0.25) is 0 Å². The first-order valence-corrected chi connectivity index (χ1v) is 6.07. The summed E-state index contributed by atoms with van der Waals surface area (Å²) in [4.78, 5) is 23.6. The number of ether oxygens (including phenoxy) is 2.